The molecule has 2 amide bonds. The number of hydrogen-bond donors (Lipinski definition) is 2. The zero-order valence-electron chi connectivity index (χ0n) is 14.5. The molecule has 0 saturated heterocycles. The molecule has 1 aromatic carbocycles. The molecule has 9 heteroatoms. The molecule has 0 fully saturated rings. The minimum absolute atomic E-state index is 0.00228. The molecule has 0 aliphatic carbocycles. The quantitative estimate of drug-likeness (QED) is 0.782. The largest absolute Gasteiger partial charge is 0.573 e. The third-order valence-corrected chi connectivity index (χ3v) is 3.24. The van der Waals surface area contributed by atoms with Gasteiger partial charge in [-0.1, -0.05) is 0 Å². The Kier molecular flexibility index (Phi) is 7.22. The van der Waals surface area contributed by atoms with E-state index < -0.39 is 12.4 Å². The summed E-state index contributed by atoms with van der Waals surface area (Å²) in [7, 11) is 1.63. The van der Waals surface area contributed by atoms with Gasteiger partial charge in [-0.25, -0.2) is 0 Å². The highest BCUT2D eigenvalue weighted by Gasteiger charge is 2.31. The van der Waals surface area contributed by atoms with Crippen molar-refractivity contribution in [2.24, 2.45) is 0 Å². The Balaban J connectivity index is 2.58. The van der Waals surface area contributed by atoms with Gasteiger partial charge in [-0.3, -0.25) is 14.5 Å². The van der Waals surface area contributed by atoms with E-state index in [0.717, 1.165) is 12.1 Å². The first kappa shape index (κ1) is 20.8. The van der Waals surface area contributed by atoms with Crippen LogP contribution in [0, 0.1) is 0 Å². The molecule has 0 heterocycles. The molecular weight excluding hydrogens is 339 g/mol. The molecule has 0 unspecified atom stereocenters. The highest BCUT2D eigenvalue weighted by Crippen LogP contribution is 2.24. The van der Waals surface area contributed by atoms with E-state index in [0.29, 0.717) is 5.69 Å². The maximum Gasteiger partial charge on any atom is 0.573 e. The maximum absolute atomic E-state index is 12.2. The van der Waals surface area contributed by atoms with Gasteiger partial charge >= 0.3 is 6.36 Å². The van der Waals surface area contributed by atoms with Crippen molar-refractivity contribution in [3.8, 4) is 5.75 Å². The number of amides is 2. The van der Waals surface area contributed by atoms with Crippen molar-refractivity contribution in [3.05, 3.63) is 24.3 Å². The Labute approximate surface area is 144 Å². The van der Waals surface area contributed by atoms with Crippen LogP contribution in [0.25, 0.3) is 0 Å². The van der Waals surface area contributed by atoms with Crippen molar-refractivity contribution in [3.63, 3.8) is 0 Å². The standard InChI is InChI=1S/C16H22F3N3O3/c1-10(2)20-14(23)9-22(4)11(3)15(24)21-12-5-7-13(8-6-12)25-16(17,18)19/h5-8,10-11H,9H2,1-4H3,(H,20,23)(H,21,24)/t11-/m0/s1. The van der Waals surface area contributed by atoms with Crippen molar-refractivity contribution in [1.29, 1.82) is 0 Å². The van der Waals surface area contributed by atoms with Crippen LogP contribution in [0.2, 0.25) is 0 Å². The highest BCUT2D eigenvalue weighted by atomic mass is 19.4. The van der Waals surface area contributed by atoms with E-state index in [1.165, 1.54) is 12.1 Å². The Morgan fingerprint density at radius 1 is 1.16 bits per heavy atom. The summed E-state index contributed by atoms with van der Waals surface area (Å²) in [5, 5.41) is 5.30. The zero-order chi connectivity index (χ0) is 19.2. The van der Waals surface area contributed by atoms with Crippen LogP contribution in [-0.2, 0) is 9.59 Å². The van der Waals surface area contributed by atoms with Gasteiger partial charge in [-0.2, -0.15) is 0 Å². The summed E-state index contributed by atoms with van der Waals surface area (Å²) in [6, 6.07) is 4.21. The molecule has 0 radical (unpaired) electrons. The third-order valence-electron chi connectivity index (χ3n) is 3.24. The fraction of sp³-hybridized carbons (Fsp3) is 0.500. The summed E-state index contributed by atoms with van der Waals surface area (Å²) in [5.74, 6) is -0.962. The summed E-state index contributed by atoms with van der Waals surface area (Å²) >= 11 is 0. The molecule has 6 nitrogen and oxygen atoms in total. The van der Waals surface area contributed by atoms with Crippen molar-refractivity contribution in [2.75, 3.05) is 18.9 Å². The van der Waals surface area contributed by atoms with Crippen LogP contribution >= 0.6 is 0 Å². The normalized spacial score (nSPS) is 12.8. The second kappa shape index (κ2) is 8.70. The number of likely N-dealkylation sites (N-methyl/N-ethyl adjacent to an activating group) is 1. The van der Waals surface area contributed by atoms with Crippen molar-refractivity contribution < 1.29 is 27.5 Å². The molecule has 0 aliphatic heterocycles. The van der Waals surface area contributed by atoms with E-state index in [1.54, 1.807) is 18.9 Å². The fourth-order valence-corrected chi connectivity index (χ4v) is 1.92. The number of rotatable bonds is 7. The van der Waals surface area contributed by atoms with Crippen LogP contribution in [0.3, 0.4) is 0 Å². The van der Waals surface area contributed by atoms with Gasteiger partial charge in [0.1, 0.15) is 5.75 Å². The van der Waals surface area contributed by atoms with Gasteiger partial charge in [0.15, 0.2) is 0 Å². The molecule has 0 spiro atoms. The molecule has 0 aliphatic rings. The number of ether oxygens (including phenoxy) is 1. The maximum atomic E-state index is 12.2. The summed E-state index contributed by atoms with van der Waals surface area (Å²) < 4.78 is 40.1. The lowest BCUT2D eigenvalue weighted by Gasteiger charge is -2.23. The fourth-order valence-electron chi connectivity index (χ4n) is 1.92. The Morgan fingerprint density at radius 2 is 1.72 bits per heavy atom. The van der Waals surface area contributed by atoms with Gasteiger partial charge in [-0.15, -0.1) is 13.2 Å². The monoisotopic (exact) mass is 361 g/mol. The van der Waals surface area contributed by atoms with Crippen LogP contribution < -0.4 is 15.4 Å². The first-order valence-corrected chi connectivity index (χ1v) is 7.64. The van der Waals surface area contributed by atoms with Crippen LogP contribution in [0.15, 0.2) is 24.3 Å². The Hall–Kier alpha value is -2.29. The molecule has 2 N–H and O–H groups in total. The second-order valence-electron chi connectivity index (χ2n) is 5.87. The van der Waals surface area contributed by atoms with E-state index >= 15 is 0 Å². The molecule has 0 saturated carbocycles. The van der Waals surface area contributed by atoms with E-state index in [9.17, 15) is 22.8 Å². The lowest BCUT2D eigenvalue weighted by Crippen LogP contribution is -2.45. The first-order valence-electron chi connectivity index (χ1n) is 7.64. The SMILES string of the molecule is CC(C)NC(=O)CN(C)[C@@H](C)C(=O)Nc1ccc(OC(F)(F)F)cc1. The predicted molar refractivity (Wildman–Crippen MR) is 87.1 cm³/mol. The highest BCUT2D eigenvalue weighted by molar-refractivity contribution is 5.95. The number of hydrogen-bond acceptors (Lipinski definition) is 4. The molecule has 1 rings (SSSR count). The lowest BCUT2D eigenvalue weighted by molar-refractivity contribution is -0.274. The number of alkyl halides is 3. The Bertz CT molecular complexity index is 589. The average Bonchev–Trinajstić information content (AvgIpc) is 2.45. The molecule has 140 valence electrons. The minimum Gasteiger partial charge on any atom is -0.406 e. The van der Waals surface area contributed by atoms with Gasteiger partial charge in [0, 0.05) is 11.7 Å². The molecule has 25 heavy (non-hydrogen) atoms. The summed E-state index contributed by atoms with van der Waals surface area (Å²) in [6.07, 6.45) is -4.77. The number of benzene rings is 1. The lowest BCUT2D eigenvalue weighted by atomic mass is 10.2. The van der Waals surface area contributed by atoms with Gasteiger partial charge in [-0.05, 0) is 52.1 Å². The van der Waals surface area contributed by atoms with Crippen LogP contribution in [0.5, 0.6) is 5.75 Å². The minimum atomic E-state index is -4.77. The first-order chi connectivity index (χ1) is 11.5. The topological polar surface area (TPSA) is 70.7 Å². The third kappa shape index (κ3) is 7.88. The second-order valence-corrected chi connectivity index (χ2v) is 5.87. The predicted octanol–water partition coefficient (Wildman–Crippen LogP) is 2.37. The van der Waals surface area contributed by atoms with Gasteiger partial charge in [0.2, 0.25) is 11.8 Å². The number of anilines is 1. The molecular formula is C16H22F3N3O3. The van der Waals surface area contributed by atoms with Crippen LogP contribution in [0.1, 0.15) is 20.8 Å². The van der Waals surface area contributed by atoms with E-state index in [2.05, 4.69) is 15.4 Å². The number of carbonyl (C=O) groups is 2. The smallest absolute Gasteiger partial charge is 0.406 e. The van der Waals surface area contributed by atoms with Gasteiger partial charge in [0.05, 0.1) is 12.6 Å². The number of carbonyl (C=O) groups excluding carboxylic acids is 2. The molecule has 1 atom stereocenters. The number of nitrogens with one attached hydrogen (secondary N) is 2. The van der Waals surface area contributed by atoms with E-state index in [-0.39, 0.29) is 30.2 Å². The van der Waals surface area contributed by atoms with Crippen molar-refractivity contribution >= 4 is 17.5 Å². The zero-order valence-corrected chi connectivity index (χ0v) is 14.5. The Morgan fingerprint density at radius 3 is 2.20 bits per heavy atom. The van der Waals surface area contributed by atoms with Crippen LogP contribution in [0.4, 0.5) is 18.9 Å². The van der Waals surface area contributed by atoms with Gasteiger partial charge < -0.3 is 15.4 Å². The molecule has 0 aromatic heterocycles. The van der Waals surface area contributed by atoms with Crippen LogP contribution in [-0.4, -0.2) is 48.8 Å². The van der Waals surface area contributed by atoms with Crippen molar-refractivity contribution in [1.82, 2.24) is 10.2 Å². The summed E-state index contributed by atoms with van der Waals surface area (Å²) in [6.45, 7) is 5.34. The molecule has 0 bridgehead atoms. The summed E-state index contributed by atoms with van der Waals surface area (Å²) in [5.41, 5.74) is 0.325. The van der Waals surface area contributed by atoms with E-state index in [1.807, 2.05) is 13.8 Å². The average molecular weight is 361 g/mol. The van der Waals surface area contributed by atoms with Gasteiger partial charge in [0.25, 0.3) is 0 Å². The number of nitrogens with zero attached hydrogens (tertiary/aromatic N) is 1. The molecule has 1 aromatic rings. The number of halogens is 3. The van der Waals surface area contributed by atoms with Crippen molar-refractivity contribution in [2.45, 2.75) is 39.2 Å². The summed E-state index contributed by atoms with van der Waals surface area (Å²) in [4.78, 5) is 25.4. The van der Waals surface area contributed by atoms with E-state index in [4.69, 9.17) is 0 Å².